The van der Waals surface area contributed by atoms with Crippen LogP contribution in [-0.4, -0.2) is 12.7 Å². The normalized spacial score (nSPS) is 16.3. The number of primary amides is 1. The van der Waals surface area contributed by atoms with Crippen LogP contribution in [0, 0.1) is 0 Å². The van der Waals surface area contributed by atoms with Crippen LogP contribution in [0.15, 0.2) is 18.2 Å². The van der Waals surface area contributed by atoms with Gasteiger partial charge < -0.3 is 15.2 Å². The van der Waals surface area contributed by atoms with E-state index in [0.29, 0.717) is 5.75 Å². The molecular formula is C13H17NO3S. The van der Waals surface area contributed by atoms with Crippen molar-refractivity contribution in [1.29, 1.82) is 0 Å². The Labute approximate surface area is 112 Å². The van der Waals surface area contributed by atoms with Gasteiger partial charge in [0, 0.05) is 11.2 Å². The van der Waals surface area contributed by atoms with Gasteiger partial charge in [-0.1, -0.05) is 19.4 Å². The van der Waals surface area contributed by atoms with Gasteiger partial charge in [0.15, 0.2) is 11.5 Å². The molecule has 0 fully saturated rings. The molecule has 0 spiro atoms. The molecule has 98 valence electrons. The second-order valence-corrected chi connectivity index (χ2v) is 5.35. The number of hydrogen-bond donors (Lipinski definition) is 2. The molecule has 1 unspecified atom stereocenters. The summed E-state index contributed by atoms with van der Waals surface area (Å²) < 4.78 is 10.1. The minimum absolute atomic E-state index is 0.212. The second-order valence-electron chi connectivity index (χ2n) is 4.49. The first-order valence-electron chi connectivity index (χ1n) is 5.96. The number of amides is 1. The van der Waals surface area contributed by atoms with Gasteiger partial charge in [-0.05, 0) is 24.1 Å². The largest absolute Gasteiger partial charge is 0.454 e. The van der Waals surface area contributed by atoms with E-state index in [9.17, 15) is 4.79 Å². The van der Waals surface area contributed by atoms with E-state index in [4.69, 9.17) is 15.2 Å². The Morgan fingerprint density at radius 2 is 2.17 bits per heavy atom. The molecule has 0 radical (unpaired) electrons. The number of nitrogens with two attached hydrogens (primary N) is 1. The van der Waals surface area contributed by atoms with Crippen LogP contribution >= 0.6 is 12.6 Å². The van der Waals surface area contributed by atoms with Crippen molar-refractivity contribution in [3.63, 3.8) is 0 Å². The Kier molecular flexibility index (Phi) is 3.71. The van der Waals surface area contributed by atoms with Gasteiger partial charge in [0.05, 0.1) is 0 Å². The Balaban J connectivity index is 2.33. The Bertz CT molecular complexity index is 464. The van der Waals surface area contributed by atoms with E-state index in [-0.39, 0.29) is 19.1 Å². The lowest BCUT2D eigenvalue weighted by Crippen LogP contribution is -2.27. The quantitative estimate of drug-likeness (QED) is 0.804. The molecule has 5 heteroatoms. The fraction of sp³-hybridized carbons (Fsp3) is 0.462. The fourth-order valence-electron chi connectivity index (χ4n) is 2.22. The number of carbonyl (C=O) groups is 1. The summed E-state index contributed by atoms with van der Waals surface area (Å²) >= 11 is 4.67. The van der Waals surface area contributed by atoms with E-state index < -0.39 is 4.75 Å². The molecule has 2 N–H and O–H groups in total. The summed E-state index contributed by atoms with van der Waals surface area (Å²) in [5.41, 5.74) is 6.26. The van der Waals surface area contributed by atoms with Crippen LogP contribution in [0.3, 0.4) is 0 Å². The topological polar surface area (TPSA) is 61.6 Å². The number of hydrogen-bond acceptors (Lipinski definition) is 4. The lowest BCUT2D eigenvalue weighted by atomic mass is 9.89. The monoisotopic (exact) mass is 267 g/mol. The summed E-state index contributed by atoms with van der Waals surface area (Å²) in [6.07, 6.45) is 1.91. The van der Waals surface area contributed by atoms with Crippen LogP contribution in [0.1, 0.15) is 31.7 Å². The van der Waals surface area contributed by atoms with Crippen molar-refractivity contribution < 1.29 is 14.3 Å². The molecule has 4 nitrogen and oxygen atoms in total. The van der Waals surface area contributed by atoms with E-state index >= 15 is 0 Å². The molecular weight excluding hydrogens is 250 g/mol. The first-order valence-corrected chi connectivity index (χ1v) is 6.41. The number of fused-ring (bicyclic) bond motifs is 1. The number of rotatable bonds is 5. The predicted octanol–water partition coefficient (Wildman–Crippen LogP) is 2.22. The first-order chi connectivity index (χ1) is 8.55. The summed E-state index contributed by atoms with van der Waals surface area (Å²) in [5, 5.41) is 0. The third-order valence-corrected chi connectivity index (χ3v) is 3.68. The van der Waals surface area contributed by atoms with E-state index in [2.05, 4.69) is 19.6 Å². The van der Waals surface area contributed by atoms with E-state index in [1.807, 2.05) is 18.2 Å². The number of thiol groups is 1. The second kappa shape index (κ2) is 5.10. The maximum Gasteiger partial charge on any atom is 0.231 e. The van der Waals surface area contributed by atoms with Crippen LogP contribution in [0.2, 0.25) is 0 Å². The van der Waals surface area contributed by atoms with Crippen molar-refractivity contribution in [2.75, 3.05) is 6.79 Å². The van der Waals surface area contributed by atoms with Gasteiger partial charge in [0.25, 0.3) is 0 Å². The average Bonchev–Trinajstić information content (AvgIpc) is 2.74. The molecule has 18 heavy (non-hydrogen) atoms. The van der Waals surface area contributed by atoms with Gasteiger partial charge >= 0.3 is 0 Å². The molecule has 1 aromatic carbocycles. The smallest absolute Gasteiger partial charge is 0.231 e. The van der Waals surface area contributed by atoms with Crippen molar-refractivity contribution in [3.8, 4) is 11.5 Å². The van der Waals surface area contributed by atoms with Crippen molar-refractivity contribution in [3.05, 3.63) is 23.8 Å². The summed E-state index contributed by atoms with van der Waals surface area (Å²) in [6, 6.07) is 5.65. The molecule has 1 heterocycles. The van der Waals surface area contributed by atoms with Crippen molar-refractivity contribution in [2.45, 2.75) is 30.9 Å². The fourth-order valence-corrected chi connectivity index (χ4v) is 2.74. The van der Waals surface area contributed by atoms with Gasteiger partial charge in [0.2, 0.25) is 12.7 Å². The Morgan fingerprint density at radius 3 is 2.83 bits per heavy atom. The highest BCUT2D eigenvalue weighted by atomic mass is 32.1. The summed E-state index contributed by atoms with van der Waals surface area (Å²) in [6.45, 7) is 2.29. The highest BCUT2D eigenvalue weighted by molar-refractivity contribution is 7.81. The summed E-state index contributed by atoms with van der Waals surface area (Å²) in [4.78, 5) is 11.2. The molecule has 0 saturated carbocycles. The lowest BCUT2D eigenvalue weighted by Gasteiger charge is -2.27. The van der Waals surface area contributed by atoms with Crippen LogP contribution in [0.25, 0.3) is 0 Å². The van der Waals surface area contributed by atoms with Crippen LogP contribution in [-0.2, 0) is 9.54 Å². The molecule has 1 amide bonds. The zero-order valence-electron chi connectivity index (χ0n) is 10.3. The molecule has 0 aromatic heterocycles. The molecule has 1 atom stereocenters. The van der Waals surface area contributed by atoms with Gasteiger partial charge in [-0.25, -0.2) is 0 Å². The number of ether oxygens (including phenoxy) is 2. The third kappa shape index (κ3) is 2.56. The Hall–Kier alpha value is -1.36. The molecule has 0 bridgehead atoms. The third-order valence-electron chi connectivity index (χ3n) is 3.04. The first kappa shape index (κ1) is 13.1. The number of carbonyl (C=O) groups excluding carboxylic acids is 1. The maximum absolute atomic E-state index is 11.2. The zero-order valence-corrected chi connectivity index (χ0v) is 11.2. The molecule has 2 rings (SSSR count). The highest BCUT2D eigenvalue weighted by Crippen LogP contribution is 2.42. The highest BCUT2D eigenvalue weighted by Gasteiger charge is 2.30. The van der Waals surface area contributed by atoms with Crippen LogP contribution < -0.4 is 15.2 Å². The van der Waals surface area contributed by atoms with Gasteiger partial charge in [0.1, 0.15) is 0 Å². The average molecular weight is 267 g/mol. The van der Waals surface area contributed by atoms with Gasteiger partial charge in [-0.15, -0.1) is 0 Å². The maximum atomic E-state index is 11.2. The molecule has 0 aliphatic carbocycles. The minimum atomic E-state index is -0.540. The minimum Gasteiger partial charge on any atom is -0.454 e. The predicted molar refractivity (Wildman–Crippen MR) is 71.9 cm³/mol. The standard InChI is InChI=1S/C13H17NO3S/c1-2-5-13(18,7-12(14)15)9-3-4-10-11(6-9)17-8-16-10/h3-4,6,18H,2,5,7-8H2,1H3,(H2,14,15). The van der Waals surface area contributed by atoms with Gasteiger partial charge in [-0.3, -0.25) is 4.79 Å². The van der Waals surface area contributed by atoms with Crippen LogP contribution in [0.4, 0.5) is 0 Å². The molecule has 0 saturated heterocycles. The van der Waals surface area contributed by atoms with E-state index in [0.717, 1.165) is 24.2 Å². The Morgan fingerprint density at radius 1 is 1.44 bits per heavy atom. The van der Waals surface area contributed by atoms with Crippen LogP contribution in [0.5, 0.6) is 11.5 Å². The van der Waals surface area contributed by atoms with Crippen molar-refractivity contribution in [1.82, 2.24) is 0 Å². The van der Waals surface area contributed by atoms with Crippen molar-refractivity contribution >= 4 is 18.5 Å². The van der Waals surface area contributed by atoms with E-state index in [1.165, 1.54) is 0 Å². The lowest BCUT2D eigenvalue weighted by molar-refractivity contribution is -0.118. The van der Waals surface area contributed by atoms with Gasteiger partial charge in [-0.2, -0.15) is 12.6 Å². The summed E-state index contributed by atoms with van der Waals surface area (Å²) in [5.74, 6) is 1.08. The zero-order chi connectivity index (χ0) is 13.2. The number of benzene rings is 1. The van der Waals surface area contributed by atoms with E-state index in [1.54, 1.807) is 0 Å². The SMILES string of the molecule is CCCC(S)(CC(N)=O)c1ccc2c(c1)OCO2. The summed E-state index contributed by atoms with van der Waals surface area (Å²) in [7, 11) is 0. The van der Waals surface area contributed by atoms with Crippen molar-refractivity contribution in [2.24, 2.45) is 5.73 Å². The molecule has 1 aliphatic rings. The molecule has 1 aromatic rings. The molecule has 1 aliphatic heterocycles.